The smallest absolute Gasteiger partial charge is 0.253 e. The Bertz CT molecular complexity index is 845. The number of carbonyl (C=O) groups is 2. The van der Waals surface area contributed by atoms with Gasteiger partial charge in [0.05, 0.1) is 0 Å². The van der Waals surface area contributed by atoms with Gasteiger partial charge in [-0.1, -0.05) is 6.07 Å². The van der Waals surface area contributed by atoms with E-state index < -0.39 is 0 Å². The highest BCUT2D eigenvalue weighted by Gasteiger charge is 2.24. The minimum atomic E-state index is -0.00935. The average Bonchev–Trinajstić information content (AvgIpc) is 3.29. The van der Waals surface area contributed by atoms with Gasteiger partial charge in [-0.05, 0) is 38.4 Å². The molecule has 1 aromatic heterocycles. The molecule has 3 rings (SSSR count). The van der Waals surface area contributed by atoms with Crippen LogP contribution in [0.15, 0.2) is 42.7 Å². The van der Waals surface area contributed by atoms with Crippen molar-refractivity contribution >= 4 is 11.8 Å². The van der Waals surface area contributed by atoms with Gasteiger partial charge in [0.15, 0.2) is 0 Å². The standard InChI is InChI=1S/C23H33N5O3/c1-25(2)16-17-26(3)23(30)19-6-4-7-21(18-19)31-20-8-13-27(14-9-20)22(29)10-15-28-12-5-11-24-28/h4-7,11-12,18,20H,8-10,13-17H2,1-3H3. The summed E-state index contributed by atoms with van der Waals surface area (Å²) < 4.78 is 7.92. The summed E-state index contributed by atoms with van der Waals surface area (Å²) in [6.45, 7) is 3.47. The lowest BCUT2D eigenvalue weighted by molar-refractivity contribution is -0.133. The normalized spacial score (nSPS) is 14.6. The van der Waals surface area contributed by atoms with Gasteiger partial charge >= 0.3 is 0 Å². The number of hydrogen-bond donors (Lipinski definition) is 0. The van der Waals surface area contributed by atoms with E-state index in [0.29, 0.717) is 43.9 Å². The molecule has 1 fully saturated rings. The van der Waals surface area contributed by atoms with Gasteiger partial charge in [0, 0.05) is 77.0 Å². The number of ether oxygens (including phenoxy) is 1. The van der Waals surface area contributed by atoms with Crippen LogP contribution in [0.3, 0.4) is 0 Å². The van der Waals surface area contributed by atoms with Crippen molar-refractivity contribution in [3.8, 4) is 5.75 Å². The maximum atomic E-state index is 12.7. The minimum Gasteiger partial charge on any atom is -0.490 e. The van der Waals surface area contributed by atoms with Gasteiger partial charge in [0.1, 0.15) is 11.9 Å². The summed E-state index contributed by atoms with van der Waals surface area (Å²) in [4.78, 5) is 30.8. The highest BCUT2D eigenvalue weighted by Crippen LogP contribution is 2.21. The van der Waals surface area contributed by atoms with Crippen molar-refractivity contribution in [1.82, 2.24) is 24.5 Å². The Hall–Kier alpha value is -2.87. The molecule has 0 spiro atoms. The molecule has 8 nitrogen and oxygen atoms in total. The van der Waals surface area contributed by atoms with Gasteiger partial charge in [-0.3, -0.25) is 14.3 Å². The van der Waals surface area contributed by atoms with Crippen LogP contribution in [-0.4, -0.2) is 89.7 Å². The summed E-state index contributed by atoms with van der Waals surface area (Å²) in [7, 11) is 5.80. The zero-order chi connectivity index (χ0) is 22.2. The molecule has 0 bridgehead atoms. The van der Waals surface area contributed by atoms with E-state index in [1.165, 1.54) is 0 Å². The minimum absolute atomic E-state index is 0.00935. The Kier molecular flexibility index (Phi) is 8.06. The van der Waals surface area contributed by atoms with Crippen LogP contribution in [-0.2, 0) is 11.3 Å². The predicted octanol–water partition coefficient (Wildman–Crippen LogP) is 1.98. The maximum absolute atomic E-state index is 12.7. The monoisotopic (exact) mass is 427 g/mol. The van der Waals surface area contributed by atoms with Crippen LogP contribution in [0.5, 0.6) is 5.75 Å². The van der Waals surface area contributed by atoms with Gasteiger partial charge < -0.3 is 19.4 Å². The molecule has 0 aliphatic carbocycles. The van der Waals surface area contributed by atoms with E-state index in [0.717, 1.165) is 19.4 Å². The number of amides is 2. The first kappa shape index (κ1) is 22.8. The van der Waals surface area contributed by atoms with E-state index in [-0.39, 0.29) is 17.9 Å². The topological polar surface area (TPSA) is 70.9 Å². The first-order valence-corrected chi connectivity index (χ1v) is 10.8. The van der Waals surface area contributed by atoms with Crippen molar-refractivity contribution in [1.29, 1.82) is 0 Å². The van der Waals surface area contributed by atoms with Crippen LogP contribution in [0.25, 0.3) is 0 Å². The number of aryl methyl sites for hydroxylation is 1. The number of likely N-dealkylation sites (tertiary alicyclic amines) is 1. The summed E-state index contributed by atoms with van der Waals surface area (Å²) in [6, 6.07) is 9.24. The lowest BCUT2D eigenvalue weighted by Crippen LogP contribution is -2.42. The molecule has 0 unspecified atom stereocenters. The summed E-state index contributed by atoms with van der Waals surface area (Å²) in [5, 5.41) is 4.14. The second-order valence-corrected chi connectivity index (χ2v) is 8.27. The molecule has 2 heterocycles. The van der Waals surface area contributed by atoms with Crippen molar-refractivity contribution in [2.75, 3.05) is 47.3 Å². The molecule has 8 heteroatoms. The highest BCUT2D eigenvalue weighted by molar-refractivity contribution is 5.94. The van der Waals surface area contributed by atoms with Crippen LogP contribution in [0.2, 0.25) is 0 Å². The molecular formula is C23H33N5O3. The van der Waals surface area contributed by atoms with Crippen molar-refractivity contribution in [2.45, 2.75) is 31.9 Å². The van der Waals surface area contributed by atoms with Gasteiger partial charge in [-0.2, -0.15) is 5.10 Å². The van der Waals surface area contributed by atoms with E-state index in [9.17, 15) is 9.59 Å². The molecule has 31 heavy (non-hydrogen) atoms. The fourth-order valence-corrected chi connectivity index (χ4v) is 3.59. The summed E-state index contributed by atoms with van der Waals surface area (Å²) in [5.41, 5.74) is 0.630. The third-order valence-electron chi connectivity index (χ3n) is 5.52. The van der Waals surface area contributed by atoms with E-state index >= 15 is 0 Å². The van der Waals surface area contributed by atoms with Gasteiger partial charge in [-0.15, -0.1) is 0 Å². The predicted molar refractivity (Wildman–Crippen MR) is 119 cm³/mol. The second kappa shape index (κ2) is 10.9. The van der Waals surface area contributed by atoms with E-state index in [1.807, 2.05) is 62.6 Å². The zero-order valence-electron chi connectivity index (χ0n) is 18.7. The van der Waals surface area contributed by atoms with E-state index in [1.54, 1.807) is 15.8 Å². The fourth-order valence-electron chi connectivity index (χ4n) is 3.59. The Morgan fingerprint density at radius 3 is 2.58 bits per heavy atom. The molecule has 0 atom stereocenters. The Morgan fingerprint density at radius 1 is 1.13 bits per heavy atom. The number of likely N-dealkylation sites (N-methyl/N-ethyl adjacent to an activating group) is 2. The summed E-state index contributed by atoms with van der Waals surface area (Å²) in [5.74, 6) is 0.850. The third kappa shape index (κ3) is 6.82. The third-order valence-corrected chi connectivity index (χ3v) is 5.52. The molecule has 0 radical (unpaired) electrons. The first-order valence-electron chi connectivity index (χ1n) is 10.8. The molecule has 1 saturated heterocycles. The van der Waals surface area contributed by atoms with E-state index in [2.05, 4.69) is 10.00 Å². The van der Waals surface area contributed by atoms with Gasteiger partial charge in [-0.25, -0.2) is 0 Å². The maximum Gasteiger partial charge on any atom is 0.253 e. The largest absolute Gasteiger partial charge is 0.490 e. The quantitative estimate of drug-likeness (QED) is 0.612. The Labute approximate surface area is 184 Å². The van der Waals surface area contributed by atoms with Crippen molar-refractivity contribution in [3.05, 3.63) is 48.3 Å². The van der Waals surface area contributed by atoms with Crippen molar-refractivity contribution in [3.63, 3.8) is 0 Å². The number of aromatic nitrogens is 2. The fraction of sp³-hybridized carbons (Fsp3) is 0.522. The van der Waals surface area contributed by atoms with Crippen LogP contribution in [0.1, 0.15) is 29.6 Å². The number of hydrogen-bond acceptors (Lipinski definition) is 5. The second-order valence-electron chi connectivity index (χ2n) is 8.27. The first-order chi connectivity index (χ1) is 14.9. The van der Waals surface area contributed by atoms with Crippen LogP contribution in [0.4, 0.5) is 0 Å². The molecular weight excluding hydrogens is 394 g/mol. The van der Waals surface area contributed by atoms with Gasteiger partial charge in [0.2, 0.25) is 5.91 Å². The molecule has 168 valence electrons. The highest BCUT2D eigenvalue weighted by atomic mass is 16.5. The Morgan fingerprint density at radius 2 is 1.90 bits per heavy atom. The molecule has 1 aliphatic rings. The summed E-state index contributed by atoms with van der Waals surface area (Å²) >= 11 is 0. The van der Waals surface area contributed by atoms with E-state index in [4.69, 9.17) is 4.74 Å². The summed E-state index contributed by atoms with van der Waals surface area (Å²) in [6.07, 6.45) is 5.66. The number of rotatable bonds is 9. The number of carbonyl (C=O) groups excluding carboxylic acids is 2. The molecule has 1 aromatic carbocycles. The molecule has 0 N–H and O–H groups in total. The SMILES string of the molecule is CN(C)CCN(C)C(=O)c1cccc(OC2CCN(C(=O)CCn3cccn3)CC2)c1. The molecule has 1 aliphatic heterocycles. The van der Waals surface area contributed by atoms with Crippen molar-refractivity contribution in [2.24, 2.45) is 0 Å². The molecule has 2 amide bonds. The van der Waals surface area contributed by atoms with Crippen LogP contribution in [0, 0.1) is 0 Å². The lowest BCUT2D eigenvalue weighted by atomic mass is 10.1. The molecule has 0 saturated carbocycles. The average molecular weight is 428 g/mol. The lowest BCUT2D eigenvalue weighted by Gasteiger charge is -2.32. The van der Waals surface area contributed by atoms with Crippen LogP contribution >= 0.6 is 0 Å². The van der Waals surface area contributed by atoms with Crippen LogP contribution < -0.4 is 4.74 Å². The number of benzene rings is 1. The Balaban J connectivity index is 1.46. The molecule has 2 aromatic rings. The van der Waals surface area contributed by atoms with Crippen molar-refractivity contribution < 1.29 is 14.3 Å². The zero-order valence-corrected chi connectivity index (χ0v) is 18.7. The van der Waals surface area contributed by atoms with Gasteiger partial charge in [0.25, 0.3) is 5.91 Å². The number of nitrogens with zero attached hydrogens (tertiary/aromatic N) is 5. The number of piperidine rings is 1.